The van der Waals surface area contributed by atoms with Crippen LogP contribution in [0.4, 0.5) is 5.69 Å². The van der Waals surface area contributed by atoms with Gasteiger partial charge in [-0.25, -0.2) is 21.1 Å². The topological polar surface area (TPSA) is 95.1 Å². The fraction of sp³-hybridized carbons (Fsp3) is 0.588. The molecule has 3 rings (SSSR count). The number of carbonyl (C=O) groups excluding carboxylic acids is 1. The van der Waals surface area contributed by atoms with E-state index in [2.05, 4.69) is 4.90 Å². The maximum atomic E-state index is 12.8. The zero-order chi connectivity index (χ0) is 20.0. The highest BCUT2D eigenvalue weighted by atomic mass is 32.2. The summed E-state index contributed by atoms with van der Waals surface area (Å²) in [5, 5.41) is 0. The van der Waals surface area contributed by atoms with Crippen LogP contribution in [0.25, 0.3) is 0 Å². The van der Waals surface area contributed by atoms with Gasteiger partial charge in [-0.3, -0.25) is 4.79 Å². The van der Waals surface area contributed by atoms with Crippen molar-refractivity contribution in [3.8, 4) is 0 Å². The van der Waals surface area contributed by atoms with Crippen LogP contribution in [0, 0.1) is 5.41 Å². The molecule has 1 amide bonds. The number of carbonyl (C=O) groups is 1. The maximum Gasteiger partial charge on any atom is 0.247 e. The van der Waals surface area contributed by atoms with E-state index < -0.39 is 31.4 Å². The van der Waals surface area contributed by atoms with E-state index in [1.165, 1.54) is 28.6 Å². The molecule has 27 heavy (non-hydrogen) atoms. The first-order valence-electron chi connectivity index (χ1n) is 8.89. The van der Waals surface area contributed by atoms with Crippen molar-refractivity contribution in [3.05, 3.63) is 24.3 Å². The first-order valence-corrected chi connectivity index (χ1v) is 11.9. The zero-order valence-electron chi connectivity index (χ0n) is 15.8. The Balaban J connectivity index is 1.85. The Morgan fingerprint density at radius 3 is 2.04 bits per heavy atom. The molecule has 0 N–H and O–H groups in total. The average Bonchev–Trinajstić information content (AvgIpc) is 2.78. The Kier molecular flexibility index (Phi) is 5.13. The molecule has 10 heteroatoms. The summed E-state index contributed by atoms with van der Waals surface area (Å²) in [6.45, 7) is 8.31. The predicted octanol–water partition coefficient (Wildman–Crippen LogP) is 0.715. The van der Waals surface area contributed by atoms with Crippen LogP contribution in [0.5, 0.6) is 0 Å². The third-order valence-electron chi connectivity index (χ3n) is 5.07. The number of likely N-dealkylation sites (N-methyl/N-ethyl adjacent to an activating group) is 1. The molecule has 1 aromatic rings. The molecule has 0 spiro atoms. The van der Waals surface area contributed by atoms with Crippen LogP contribution >= 0.6 is 0 Å². The highest BCUT2D eigenvalue weighted by molar-refractivity contribution is 7.94. The molecule has 1 aromatic carbocycles. The van der Waals surface area contributed by atoms with Crippen molar-refractivity contribution in [1.82, 2.24) is 9.21 Å². The van der Waals surface area contributed by atoms with Crippen molar-refractivity contribution in [2.45, 2.75) is 25.7 Å². The van der Waals surface area contributed by atoms with Crippen LogP contribution in [0.15, 0.2) is 29.2 Å². The van der Waals surface area contributed by atoms with E-state index in [1.807, 2.05) is 6.92 Å². The second kappa shape index (κ2) is 6.84. The van der Waals surface area contributed by atoms with Crippen LogP contribution in [0.3, 0.4) is 0 Å². The smallest absolute Gasteiger partial charge is 0.247 e. The van der Waals surface area contributed by atoms with Gasteiger partial charge in [-0.05, 0) is 44.7 Å². The van der Waals surface area contributed by atoms with E-state index in [9.17, 15) is 21.6 Å². The average molecular weight is 416 g/mol. The number of benzene rings is 1. The van der Waals surface area contributed by atoms with Gasteiger partial charge < -0.3 is 4.90 Å². The monoisotopic (exact) mass is 415 g/mol. The number of piperazine rings is 1. The Labute approximate surface area is 160 Å². The van der Waals surface area contributed by atoms with E-state index in [1.54, 1.807) is 13.8 Å². The lowest BCUT2D eigenvalue weighted by molar-refractivity contribution is -0.123. The molecule has 0 bridgehead atoms. The van der Waals surface area contributed by atoms with Crippen LogP contribution in [-0.4, -0.2) is 70.4 Å². The summed E-state index contributed by atoms with van der Waals surface area (Å²) in [6.07, 6.45) is 0. The standard InChI is InChI=1S/C17H25N3O5S2/c1-4-18-9-11-19(12-10-18)27(24,25)15-7-5-14(6-8-15)20-16(21)17(2,3)13-26(20,22)23/h5-8H,4,9-13H2,1-3H3. The van der Waals surface area contributed by atoms with E-state index in [-0.39, 0.29) is 16.3 Å². The lowest BCUT2D eigenvalue weighted by Gasteiger charge is -2.33. The van der Waals surface area contributed by atoms with Gasteiger partial charge in [0.15, 0.2) is 0 Å². The number of nitrogens with zero attached hydrogens (tertiary/aromatic N) is 3. The Hall–Kier alpha value is -1.49. The summed E-state index contributed by atoms with van der Waals surface area (Å²) < 4.78 is 52.6. The second-order valence-electron chi connectivity index (χ2n) is 7.54. The molecule has 2 heterocycles. The highest BCUT2D eigenvalue weighted by Gasteiger charge is 2.49. The fourth-order valence-corrected chi connectivity index (χ4v) is 6.98. The van der Waals surface area contributed by atoms with Gasteiger partial charge in [0.25, 0.3) is 0 Å². The number of hydrogen-bond acceptors (Lipinski definition) is 6. The minimum Gasteiger partial charge on any atom is -0.301 e. The van der Waals surface area contributed by atoms with Crippen molar-refractivity contribution in [2.75, 3.05) is 42.8 Å². The summed E-state index contributed by atoms with van der Waals surface area (Å²) >= 11 is 0. The molecule has 150 valence electrons. The number of rotatable bonds is 4. The SMILES string of the molecule is CCN1CCN(S(=O)(=O)c2ccc(N3C(=O)C(C)(C)CS3(=O)=O)cc2)CC1. The molecule has 2 aliphatic rings. The number of amides is 1. The lowest BCUT2D eigenvalue weighted by Crippen LogP contribution is -2.48. The molecule has 2 aliphatic heterocycles. The molecule has 0 radical (unpaired) electrons. The van der Waals surface area contributed by atoms with Crippen LogP contribution in [0.2, 0.25) is 0 Å². The van der Waals surface area contributed by atoms with E-state index in [0.717, 1.165) is 10.8 Å². The second-order valence-corrected chi connectivity index (χ2v) is 11.3. The maximum absolute atomic E-state index is 12.8. The van der Waals surface area contributed by atoms with Crippen molar-refractivity contribution in [2.24, 2.45) is 5.41 Å². The molecule has 2 fully saturated rings. The molecule has 0 unspecified atom stereocenters. The quantitative estimate of drug-likeness (QED) is 0.719. The molecule has 0 atom stereocenters. The van der Waals surface area contributed by atoms with Gasteiger partial charge >= 0.3 is 0 Å². The van der Waals surface area contributed by atoms with Crippen molar-refractivity contribution in [3.63, 3.8) is 0 Å². The van der Waals surface area contributed by atoms with Crippen LogP contribution in [-0.2, 0) is 24.8 Å². The van der Waals surface area contributed by atoms with Gasteiger partial charge in [-0.15, -0.1) is 0 Å². The first-order chi connectivity index (χ1) is 12.5. The van der Waals surface area contributed by atoms with Gasteiger partial charge in [0, 0.05) is 26.2 Å². The van der Waals surface area contributed by atoms with Crippen LogP contribution in [0.1, 0.15) is 20.8 Å². The van der Waals surface area contributed by atoms with Gasteiger partial charge in [0.2, 0.25) is 26.0 Å². The number of anilines is 1. The van der Waals surface area contributed by atoms with E-state index >= 15 is 0 Å². The Morgan fingerprint density at radius 2 is 1.59 bits per heavy atom. The Bertz CT molecular complexity index is 931. The van der Waals surface area contributed by atoms with E-state index in [4.69, 9.17) is 0 Å². The lowest BCUT2D eigenvalue weighted by atomic mass is 9.95. The van der Waals surface area contributed by atoms with Crippen LogP contribution < -0.4 is 4.31 Å². The minimum absolute atomic E-state index is 0.0968. The zero-order valence-corrected chi connectivity index (χ0v) is 17.4. The largest absolute Gasteiger partial charge is 0.301 e. The minimum atomic E-state index is -3.76. The molecule has 0 aliphatic carbocycles. The van der Waals surface area contributed by atoms with Gasteiger partial charge in [0.1, 0.15) is 0 Å². The normalized spacial score (nSPS) is 23.7. The summed E-state index contributed by atoms with van der Waals surface area (Å²) in [4.78, 5) is 14.7. The van der Waals surface area contributed by atoms with Crippen molar-refractivity contribution >= 4 is 31.6 Å². The first kappa shape index (κ1) is 20.2. The fourth-order valence-electron chi connectivity index (χ4n) is 3.45. The third kappa shape index (κ3) is 3.63. The van der Waals surface area contributed by atoms with Gasteiger partial charge in [0.05, 0.1) is 21.8 Å². The molecular weight excluding hydrogens is 390 g/mol. The van der Waals surface area contributed by atoms with Crippen molar-refractivity contribution < 1.29 is 21.6 Å². The summed E-state index contributed by atoms with van der Waals surface area (Å²) in [5.41, 5.74) is -0.831. The van der Waals surface area contributed by atoms with Crippen molar-refractivity contribution in [1.29, 1.82) is 0 Å². The summed E-state index contributed by atoms with van der Waals surface area (Å²) in [7, 11) is -7.40. The molecular formula is C17H25N3O5S2. The third-order valence-corrected chi connectivity index (χ3v) is 9.00. The van der Waals surface area contributed by atoms with E-state index in [0.29, 0.717) is 26.2 Å². The highest BCUT2D eigenvalue weighted by Crippen LogP contribution is 2.36. The molecule has 8 nitrogen and oxygen atoms in total. The molecule has 0 saturated carbocycles. The van der Waals surface area contributed by atoms with Gasteiger partial charge in [-0.2, -0.15) is 4.31 Å². The molecule has 0 aromatic heterocycles. The molecule has 2 saturated heterocycles. The Morgan fingerprint density at radius 1 is 1.04 bits per heavy atom. The number of hydrogen-bond donors (Lipinski definition) is 0. The summed E-state index contributed by atoms with van der Waals surface area (Å²) in [6, 6.07) is 5.49. The number of sulfonamides is 2. The van der Waals surface area contributed by atoms with Gasteiger partial charge in [-0.1, -0.05) is 6.92 Å². The summed E-state index contributed by atoms with van der Waals surface area (Å²) in [5.74, 6) is -0.769. The predicted molar refractivity (Wildman–Crippen MR) is 102 cm³/mol.